The van der Waals surface area contributed by atoms with E-state index in [9.17, 15) is 4.79 Å². The Morgan fingerprint density at radius 3 is 2.57 bits per heavy atom. The Morgan fingerprint density at radius 1 is 1.19 bits per heavy atom. The van der Waals surface area contributed by atoms with Crippen LogP contribution in [0.5, 0.6) is 0 Å². The monoisotopic (exact) mass is 365 g/mol. The van der Waals surface area contributed by atoms with Crippen LogP contribution in [0.1, 0.15) is 40.0 Å². The van der Waals surface area contributed by atoms with Crippen molar-refractivity contribution >= 4 is 33.4 Å². The molecule has 0 aromatic heterocycles. The van der Waals surface area contributed by atoms with Crippen LogP contribution in [0.25, 0.3) is 0 Å². The van der Waals surface area contributed by atoms with Crippen LogP contribution < -0.4 is 5.32 Å². The summed E-state index contributed by atoms with van der Waals surface area (Å²) < 4.78 is 0.791. The number of amides is 1. The average Bonchev–Trinajstić information content (AvgIpc) is 2.40. The molecular weight excluding hydrogens is 350 g/mol. The summed E-state index contributed by atoms with van der Waals surface area (Å²) in [6, 6.07) is 11.4. The van der Waals surface area contributed by atoms with E-state index >= 15 is 0 Å². The largest absolute Gasteiger partial charge is 0.346 e. The molecule has 0 bridgehead atoms. The van der Waals surface area contributed by atoms with Gasteiger partial charge in [0.15, 0.2) is 0 Å². The van der Waals surface area contributed by atoms with Crippen molar-refractivity contribution in [1.29, 1.82) is 0 Å². The van der Waals surface area contributed by atoms with Gasteiger partial charge in [0, 0.05) is 15.1 Å². The maximum absolute atomic E-state index is 12.3. The summed E-state index contributed by atoms with van der Waals surface area (Å²) in [6.07, 6.45) is 0. The number of nitrogens with one attached hydrogen (secondary N) is 1. The zero-order valence-electron chi connectivity index (χ0n) is 12.2. The van der Waals surface area contributed by atoms with Crippen molar-refractivity contribution in [3.05, 3.63) is 68.1 Å². The lowest BCUT2D eigenvalue weighted by Crippen LogP contribution is -2.27. The first-order chi connectivity index (χ1) is 9.86. The van der Waals surface area contributed by atoms with E-state index < -0.39 is 0 Å². The molecule has 1 amide bonds. The third-order valence-corrected chi connectivity index (χ3v) is 4.05. The maximum Gasteiger partial charge on any atom is 0.251 e. The molecule has 110 valence electrons. The Bertz CT molecular complexity index is 664. The highest BCUT2D eigenvalue weighted by molar-refractivity contribution is 9.10. The molecular formula is C17H17BrClNO. The van der Waals surface area contributed by atoms with Crippen molar-refractivity contribution in [2.75, 3.05) is 0 Å². The summed E-state index contributed by atoms with van der Waals surface area (Å²) in [6.45, 7) is 6.08. The number of carbonyl (C=O) groups excluding carboxylic acids is 1. The topological polar surface area (TPSA) is 29.1 Å². The minimum Gasteiger partial charge on any atom is -0.346 e. The zero-order valence-corrected chi connectivity index (χ0v) is 14.5. The van der Waals surface area contributed by atoms with E-state index in [1.165, 1.54) is 11.1 Å². The highest BCUT2D eigenvalue weighted by atomic mass is 79.9. The fourth-order valence-electron chi connectivity index (χ4n) is 2.27. The molecule has 2 rings (SSSR count). The first kappa shape index (κ1) is 16.1. The lowest BCUT2D eigenvalue weighted by atomic mass is 10.00. The van der Waals surface area contributed by atoms with Crippen LogP contribution in [0.4, 0.5) is 0 Å². The highest BCUT2D eigenvalue weighted by Gasteiger charge is 2.14. The molecule has 0 radical (unpaired) electrons. The van der Waals surface area contributed by atoms with Crippen LogP contribution in [0.15, 0.2) is 40.9 Å². The van der Waals surface area contributed by atoms with Crippen LogP contribution >= 0.6 is 27.5 Å². The van der Waals surface area contributed by atoms with Gasteiger partial charge in [0.05, 0.1) is 6.04 Å². The third kappa shape index (κ3) is 4.08. The van der Waals surface area contributed by atoms with Crippen molar-refractivity contribution in [3.8, 4) is 0 Å². The number of benzene rings is 2. The van der Waals surface area contributed by atoms with Gasteiger partial charge in [-0.05, 0) is 50.1 Å². The number of aryl methyl sites for hydroxylation is 2. The summed E-state index contributed by atoms with van der Waals surface area (Å²) in [5.74, 6) is -0.133. The Labute approximate surface area is 138 Å². The number of hydrogen-bond donors (Lipinski definition) is 1. The first-order valence-corrected chi connectivity index (χ1v) is 7.88. The van der Waals surface area contributed by atoms with Crippen LogP contribution in [0, 0.1) is 13.8 Å². The highest BCUT2D eigenvalue weighted by Crippen LogP contribution is 2.22. The standard InChI is InChI=1S/C17H17BrClNO/c1-10-4-5-11(2)16(6-10)12(3)20-17(21)13-7-14(18)9-15(19)8-13/h4-9,12H,1-3H3,(H,20,21). The molecule has 0 heterocycles. The predicted molar refractivity (Wildman–Crippen MR) is 90.9 cm³/mol. The average molecular weight is 367 g/mol. The van der Waals surface area contributed by atoms with Gasteiger partial charge in [0.1, 0.15) is 0 Å². The molecule has 1 N–H and O–H groups in total. The molecule has 0 aliphatic heterocycles. The summed E-state index contributed by atoms with van der Waals surface area (Å²) in [5, 5.41) is 3.55. The summed E-state index contributed by atoms with van der Waals surface area (Å²) in [5.41, 5.74) is 4.03. The van der Waals surface area contributed by atoms with Crippen molar-refractivity contribution < 1.29 is 4.79 Å². The number of halogens is 2. The fourth-order valence-corrected chi connectivity index (χ4v) is 3.13. The van der Waals surface area contributed by atoms with Gasteiger partial charge in [-0.3, -0.25) is 4.79 Å². The number of hydrogen-bond acceptors (Lipinski definition) is 1. The number of rotatable bonds is 3. The SMILES string of the molecule is Cc1ccc(C)c(C(C)NC(=O)c2cc(Cl)cc(Br)c2)c1. The fraction of sp³-hybridized carbons (Fsp3) is 0.235. The quantitative estimate of drug-likeness (QED) is 0.793. The predicted octanol–water partition coefficient (Wildman–Crippen LogP) is 5.21. The van der Waals surface area contributed by atoms with Gasteiger partial charge in [-0.15, -0.1) is 0 Å². The van der Waals surface area contributed by atoms with Gasteiger partial charge < -0.3 is 5.32 Å². The molecule has 0 spiro atoms. The molecule has 0 aliphatic rings. The Hall–Kier alpha value is -1.32. The van der Waals surface area contributed by atoms with E-state index in [2.05, 4.69) is 39.4 Å². The Kier molecular flexibility index (Phi) is 5.07. The summed E-state index contributed by atoms with van der Waals surface area (Å²) in [7, 11) is 0. The Balaban J connectivity index is 2.20. The summed E-state index contributed by atoms with van der Waals surface area (Å²) >= 11 is 9.33. The van der Waals surface area contributed by atoms with Crippen LogP contribution in [-0.2, 0) is 0 Å². The van der Waals surface area contributed by atoms with Crippen LogP contribution in [0.3, 0.4) is 0 Å². The van der Waals surface area contributed by atoms with Gasteiger partial charge in [0.2, 0.25) is 0 Å². The molecule has 1 unspecified atom stereocenters. The number of carbonyl (C=O) groups is 1. The van der Waals surface area contributed by atoms with E-state index in [-0.39, 0.29) is 11.9 Å². The van der Waals surface area contributed by atoms with Gasteiger partial charge in [-0.25, -0.2) is 0 Å². The summed E-state index contributed by atoms with van der Waals surface area (Å²) in [4.78, 5) is 12.3. The lowest BCUT2D eigenvalue weighted by Gasteiger charge is -2.17. The van der Waals surface area contributed by atoms with E-state index in [1.54, 1.807) is 18.2 Å². The van der Waals surface area contributed by atoms with Crippen molar-refractivity contribution in [2.24, 2.45) is 0 Å². The lowest BCUT2D eigenvalue weighted by molar-refractivity contribution is 0.0939. The molecule has 0 saturated carbocycles. The minimum atomic E-state index is -0.133. The molecule has 2 nitrogen and oxygen atoms in total. The molecule has 0 fully saturated rings. The molecule has 1 atom stereocenters. The third-order valence-electron chi connectivity index (χ3n) is 3.37. The van der Waals surface area contributed by atoms with Crippen molar-refractivity contribution in [2.45, 2.75) is 26.8 Å². The van der Waals surface area contributed by atoms with E-state index in [4.69, 9.17) is 11.6 Å². The van der Waals surface area contributed by atoms with Gasteiger partial charge in [-0.2, -0.15) is 0 Å². The molecule has 2 aromatic carbocycles. The molecule has 0 aliphatic carbocycles. The van der Waals surface area contributed by atoms with Crippen molar-refractivity contribution in [3.63, 3.8) is 0 Å². The van der Waals surface area contributed by atoms with E-state index in [0.717, 1.165) is 10.0 Å². The molecule has 4 heteroatoms. The second kappa shape index (κ2) is 6.63. The van der Waals surface area contributed by atoms with E-state index in [0.29, 0.717) is 10.6 Å². The maximum atomic E-state index is 12.3. The second-order valence-electron chi connectivity index (χ2n) is 5.21. The van der Waals surface area contributed by atoms with E-state index in [1.807, 2.05) is 20.8 Å². The zero-order chi connectivity index (χ0) is 15.6. The minimum absolute atomic E-state index is 0.0600. The van der Waals surface area contributed by atoms with Crippen LogP contribution in [0.2, 0.25) is 5.02 Å². The van der Waals surface area contributed by atoms with Crippen LogP contribution in [-0.4, -0.2) is 5.91 Å². The first-order valence-electron chi connectivity index (χ1n) is 6.71. The normalized spacial score (nSPS) is 12.0. The molecule has 0 saturated heterocycles. The molecule has 21 heavy (non-hydrogen) atoms. The Morgan fingerprint density at radius 2 is 1.90 bits per heavy atom. The molecule has 2 aromatic rings. The second-order valence-corrected chi connectivity index (χ2v) is 6.57. The van der Waals surface area contributed by atoms with Gasteiger partial charge in [-0.1, -0.05) is 51.3 Å². The van der Waals surface area contributed by atoms with Crippen molar-refractivity contribution in [1.82, 2.24) is 5.32 Å². The smallest absolute Gasteiger partial charge is 0.251 e. The van der Waals surface area contributed by atoms with Gasteiger partial charge in [0.25, 0.3) is 5.91 Å². The van der Waals surface area contributed by atoms with Gasteiger partial charge >= 0.3 is 0 Å².